The molecule has 0 saturated heterocycles. The Kier molecular flexibility index (Phi) is 4.07. The quantitative estimate of drug-likeness (QED) is 0.736. The molecule has 0 spiro atoms. The van der Waals surface area contributed by atoms with E-state index in [2.05, 4.69) is 0 Å². The van der Waals surface area contributed by atoms with Crippen molar-refractivity contribution >= 4 is 5.97 Å². The molecule has 5 heteroatoms. The van der Waals surface area contributed by atoms with Crippen LogP contribution in [0.25, 0.3) is 0 Å². The normalized spacial score (nSPS) is 26.3. The van der Waals surface area contributed by atoms with Gasteiger partial charge in [-0.05, 0) is 37.0 Å². The van der Waals surface area contributed by atoms with Crippen molar-refractivity contribution in [2.24, 2.45) is 5.73 Å². The first-order valence-corrected chi connectivity index (χ1v) is 6.42. The summed E-state index contributed by atoms with van der Waals surface area (Å²) in [6, 6.07) is 7.46. The van der Waals surface area contributed by atoms with E-state index in [1.807, 2.05) is 24.3 Å². The van der Waals surface area contributed by atoms with E-state index in [0.29, 0.717) is 31.4 Å². The summed E-state index contributed by atoms with van der Waals surface area (Å²) in [5.74, 6) is -0.252. The average molecular weight is 265 g/mol. The number of rotatable bonds is 5. The maximum Gasteiger partial charge on any atom is 0.323 e. The lowest BCUT2D eigenvalue weighted by atomic mass is 10.00. The third-order valence-corrected chi connectivity index (χ3v) is 3.56. The molecule has 0 aliphatic heterocycles. The first kappa shape index (κ1) is 13.8. The minimum Gasteiger partial charge on any atom is -0.490 e. The molecule has 1 saturated carbocycles. The van der Waals surface area contributed by atoms with Crippen molar-refractivity contribution in [2.45, 2.75) is 37.3 Å². The molecule has 1 aliphatic carbocycles. The highest BCUT2D eigenvalue weighted by atomic mass is 16.5. The third kappa shape index (κ3) is 3.24. The van der Waals surface area contributed by atoms with Gasteiger partial charge in [0.15, 0.2) is 0 Å². The number of carboxylic acids is 1. The van der Waals surface area contributed by atoms with Crippen LogP contribution >= 0.6 is 0 Å². The maximum absolute atomic E-state index is 11.0. The Labute approximate surface area is 112 Å². The summed E-state index contributed by atoms with van der Waals surface area (Å²) in [5.41, 5.74) is 5.69. The van der Waals surface area contributed by atoms with Gasteiger partial charge in [-0.2, -0.15) is 0 Å². The Morgan fingerprint density at radius 3 is 2.63 bits per heavy atom. The maximum atomic E-state index is 11.0. The predicted molar refractivity (Wildman–Crippen MR) is 70.1 cm³/mol. The van der Waals surface area contributed by atoms with Crippen LogP contribution in [0.15, 0.2) is 24.3 Å². The van der Waals surface area contributed by atoms with Crippen LogP contribution < -0.4 is 10.5 Å². The molecule has 5 nitrogen and oxygen atoms in total. The monoisotopic (exact) mass is 265 g/mol. The van der Waals surface area contributed by atoms with E-state index in [9.17, 15) is 4.79 Å². The molecule has 0 bridgehead atoms. The highest BCUT2D eigenvalue weighted by Gasteiger charge is 2.43. The second-order valence-electron chi connectivity index (χ2n) is 5.06. The molecule has 0 heterocycles. The van der Waals surface area contributed by atoms with Crippen LogP contribution in [0.4, 0.5) is 0 Å². The Balaban J connectivity index is 1.94. The van der Waals surface area contributed by atoms with E-state index in [1.165, 1.54) is 0 Å². The highest BCUT2D eigenvalue weighted by molar-refractivity contribution is 5.79. The fourth-order valence-electron chi connectivity index (χ4n) is 2.38. The van der Waals surface area contributed by atoms with Crippen LogP contribution in [-0.4, -0.2) is 34.4 Å². The minimum absolute atomic E-state index is 0.122. The van der Waals surface area contributed by atoms with E-state index in [-0.39, 0.29) is 12.7 Å². The number of nitrogens with two attached hydrogens (primary N) is 1. The van der Waals surface area contributed by atoms with Gasteiger partial charge in [0.05, 0.1) is 0 Å². The lowest BCUT2D eigenvalue weighted by Crippen LogP contribution is -2.46. The summed E-state index contributed by atoms with van der Waals surface area (Å²) >= 11 is 0. The first-order chi connectivity index (χ1) is 9.03. The van der Waals surface area contributed by atoms with Crippen LogP contribution in [0.5, 0.6) is 5.75 Å². The molecule has 2 rings (SSSR count). The predicted octanol–water partition coefficient (Wildman–Crippen LogP) is 0.935. The number of benzene rings is 1. The van der Waals surface area contributed by atoms with E-state index in [4.69, 9.17) is 20.7 Å². The number of carboxylic acid groups (broad SMARTS) is 1. The molecule has 1 aliphatic rings. The molecular weight excluding hydrogens is 246 g/mol. The second kappa shape index (κ2) is 5.59. The number of hydrogen-bond donors (Lipinski definition) is 3. The molecule has 104 valence electrons. The fraction of sp³-hybridized carbons (Fsp3) is 0.500. The molecule has 2 atom stereocenters. The molecule has 2 unspecified atom stereocenters. The van der Waals surface area contributed by atoms with Gasteiger partial charge in [-0.3, -0.25) is 4.79 Å². The zero-order valence-corrected chi connectivity index (χ0v) is 10.7. The summed E-state index contributed by atoms with van der Waals surface area (Å²) in [6.45, 7) is 0.122. The van der Waals surface area contributed by atoms with Gasteiger partial charge in [0.2, 0.25) is 0 Å². The topological polar surface area (TPSA) is 92.8 Å². The van der Waals surface area contributed by atoms with Crippen molar-refractivity contribution in [3.63, 3.8) is 0 Å². The zero-order valence-electron chi connectivity index (χ0n) is 10.7. The van der Waals surface area contributed by atoms with Crippen molar-refractivity contribution in [2.75, 3.05) is 6.61 Å². The summed E-state index contributed by atoms with van der Waals surface area (Å²) < 4.78 is 5.75. The molecule has 1 aromatic carbocycles. The Hall–Kier alpha value is -1.59. The number of aliphatic hydroxyl groups excluding tert-OH is 1. The van der Waals surface area contributed by atoms with E-state index in [0.717, 1.165) is 5.56 Å². The molecule has 0 radical (unpaired) electrons. The summed E-state index contributed by atoms with van der Waals surface area (Å²) in [7, 11) is 0. The Morgan fingerprint density at radius 2 is 2.11 bits per heavy atom. The van der Waals surface area contributed by atoms with Crippen molar-refractivity contribution in [3.8, 4) is 5.75 Å². The van der Waals surface area contributed by atoms with Crippen molar-refractivity contribution in [1.82, 2.24) is 0 Å². The summed E-state index contributed by atoms with van der Waals surface area (Å²) in [6.07, 6.45) is 1.90. The minimum atomic E-state index is -1.15. The number of hydrogen-bond acceptors (Lipinski definition) is 4. The van der Waals surface area contributed by atoms with Crippen molar-refractivity contribution in [3.05, 3.63) is 29.8 Å². The van der Waals surface area contributed by atoms with Gasteiger partial charge in [0, 0.05) is 13.0 Å². The van der Waals surface area contributed by atoms with Gasteiger partial charge >= 0.3 is 5.97 Å². The number of carbonyl (C=O) groups is 1. The van der Waals surface area contributed by atoms with Gasteiger partial charge < -0.3 is 20.7 Å². The fourth-order valence-corrected chi connectivity index (χ4v) is 2.38. The van der Waals surface area contributed by atoms with Gasteiger partial charge in [0.1, 0.15) is 17.4 Å². The van der Waals surface area contributed by atoms with Crippen LogP contribution in [0.3, 0.4) is 0 Å². The molecule has 0 amide bonds. The van der Waals surface area contributed by atoms with Crippen LogP contribution in [0.1, 0.15) is 24.8 Å². The summed E-state index contributed by atoms with van der Waals surface area (Å²) in [4.78, 5) is 11.0. The lowest BCUT2D eigenvalue weighted by molar-refractivity contribution is -0.143. The van der Waals surface area contributed by atoms with Crippen molar-refractivity contribution < 1.29 is 19.7 Å². The lowest BCUT2D eigenvalue weighted by Gasteiger charge is -2.18. The van der Waals surface area contributed by atoms with Gasteiger partial charge in [0.25, 0.3) is 0 Å². The number of ether oxygens (including phenoxy) is 1. The van der Waals surface area contributed by atoms with Crippen molar-refractivity contribution in [1.29, 1.82) is 0 Å². The Morgan fingerprint density at radius 1 is 1.42 bits per heavy atom. The highest BCUT2D eigenvalue weighted by Crippen LogP contribution is 2.31. The Bertz CT molecular complexity index is 445. The number of aliphatic carboxylic acids is 1. The largest absolute Gasteiger partial charge is 0.490 e. The van der Waals surface area contributed by atoms with E-state index >= 15 is 0 Å². The van der Waals surface area contributed by atoms with Crippen LogP contribution in [0.2, 0.25) is 0 Å². The average Bonchev–Trinajstić information content (AvgIpc) is 2.75. The van der Waals surface area contributed by atoms with E-state index < -0.39 is 11.5 Å². The second-order valence-corrected chi connectivity index (χ2v) is 5.06. The zero-order chi connectivity index (χ0) is 13.9. The molecule has 0 aromatic heterocycles. The third-order valence-electron chi connectivity index (χ3n) is 3.56. The number of aliphatic hydroxyl groups is 1. The van der Waals surface area contributed by atoms with Crippen LogP contribution in [-0.2, 0) is 11.2 Å². The smallest absolute Gasteiger partial charge is 0.323 e. The van der Waals surface area contributed by atoms with E-state index in [1.54, 1.807) is 0 Å². The van der Waals surface area contributed by atoms with Gasteiger partial charge in [-0.15, -0.1) is 0 Å². The van der Waals surface area contributed by atoms with Gasteiger partial charge in [-0.25, -0.2) is 0 Å². The van der Waals surface area contributed by atoms with Crippen LogP contribution in [0, 0.1) is 0 Å². The SMILES string of the molecule is NC1(C(=O)O)CCC(Oc2ccc(CCO)cc2)C1. The molecule has 1 aromatic rings. The molecule has 4 N–H and O–H groups in total. The standard InChI is InChI=1S/C14H19NO4/c15-14(13(17)18)7-5-12(9-14)19-11-3-1-10(2-4-11)6-8-16/h1-4,12,16H,5-9,15H2,(H,17,18). The summed E-state index contributed by atoms with van der Waals surface area (Å²) in [5, 5.41) is 17.9. The van der Waals surface area contributed by atoms with Gasteiger partial charge in [-0.1, -0.05) is 12.1 Å². The first-order valence-electron chi connectivity index (χ1n) is 6.42. The molecule has 1 fully saturated rings. The molecule has 19 heavy (non-hydrogen) atoms. The molecular formula is C14H19NO4.